The van der Waals surface area contributed by atoms with Crippen LogP contribution in [-0.4, -0.2) is 42.1 Å². The van der Waals surface area contributed by atoms with Gasteiger partial charge in [-0.15, -0.1) is 0 Å². The van der Waals surface area contributed by atoms with Crippen LogP contribution in [0.5, 0.6) is 5.75 Å². The van der Waals surface area contributed by atoms with Crippen LogP contribution >= 0.6 is 0 Å². The molecule has 0 saturated carbocycles. The summed E-state index contributed by atoms with van der Waals surface area (Å²) >= 11 is 0. The molecule has 1 aromatic heterocycles. The van der Waals surface area contributed by atoms with E-state index in [2.05, 4.69) is 15.3 Å². The molecule has 1 aromatic rings. The summed E-state index contributed by atoms with van der Waals surface area (Å²) in [5.74, 6) is 1.28. The Morgan fingerprint density at radius 2 is 2.39 bits per heavy atom. The van der Waals surface area contributed by atoms with Gasteiger partial charge in [0.2, 0.25) is 11.7 Å². The maximum Gasteiger partial charge on any atom is 0.242 e. The molecule has 0 spiro atoms. The fourth-order valence-electron chi connectivity index (χ4n) is 2.15. The molecule has 0 radical (unpaired) electrons. The van der Waals surface area contributed by atoms with Gasteiger partial charge in [0, 0.05) is 13.1 Å². The van der Waals surface area contributed by atoms with Crippen molar-refractivity contribution >= 4 is 17.5 Å². The molecule has 3 N–H and O–H groups in total. The quantitative estimate of drug-likeness (QED) is 0.771. The third-order valence-electron chi connectivity index (χ3n) is 3.01. The summed E-state index contributed by atoms with van der Waals surface area (Å²) in [5.41, 5.74) is 5.76. The third-order valence-corrected chi connectivity index (χ3v) is 3.01. The molecule has 1 unspecified atom stereocenters. The monoisotopic (exact) mass is 251 g/mol. The van der Waals surface area contributed by atoms with Gasteiger partial charge in [0.1, 0.15) is 12.4 Å². The Labute approximate surface area is 105 Å². The number of ether oxygens (including phenoxy) is 1. The van der Waals surface area contributed by atoms with E-state index >= 15 is 0 Å². The SMILES string of the molecule is CCC1C(=O)NCCN1c1ncnc(N)c1OC. The number of piperazine rings is 1. The maximum absolute atomic E-state index is 11.8. The van der Waals surface area contributed by atoms with E-state index in [1.807, 2.05) is 11.8 Å². The molecular formula is C11H17N5O2. The first-order chi connectivity index (χ1) is 8.69. The van der Waals surface area contributed by atoms with E-state index in [-0.39, 0.29) is 17.8 Å². The lowest BCUT2D eigenvalue weighted by Gasteiger charge is -2.35. The van der Waals surface area contributed by atoms with Crippen molar-refractivity contribution in [1.82, 2.24) is 15.3 Å². The van der Waals surface area contributed by atoms with Crippen molar-refractivity contribution in [3.8, 4) is 5.75 Å². The average Bonchev–Trinajstić information content (AvgIpc) is 2.38. The van der Waals surface area contributed by atoms with Crippen LogP contribution in [0, 0.1) is 0 Å². The topological polar surface area (TPSA) is 93.4 Å². The molecule has 0 aliphatic carbocycles. The van der Waals surface area contributed by atoms with E-state index < -0.39 is 0 Å². The number of nitrogens with zero attached hydrogens (tertiary/aromatic N) is 3. The number of carbonyl (C=O) groups is 1. The Morgan fingerprint density at radius 1 is 1.61 bits per heavy atom. The van der Waals surface area contributed by atoms with E-state index in [1.54, 1.807) is 0 Å². The molecule has 1 saturated heterocycles. The first-order valence-corrected chi connectivity index (χ1v) is 5.87. The van der Waals surface area contributed by atoms with Crippen molar-refractivity contribution in [3.63, 3.8) is 0 Å². The lowest BCUT2D eigenvalue weighted by Crippen LogP contribution is -2.55. The third kappa shape index (κ3) is 2.03. The zero-order valence-electron chi connectivity index (χ0n) is 10.5. The summed E-state index contributed by atoms with van der Waals surface area (Å²) in [6.45, 7) is 3.22. The highest BCUT2D eigenvalue weighted by Gasteiger charge is 2.31. The number of anilines is 2. The second kappa shape index (κ2) is 5.07. The molecule has 2 heterocycles. The molecule has 2 rings (SSSR count). The standard InChI is InChI=1S/C11H17N5O2/c1-3-7-11(17)13-4-5-16(7)10-8(18-2)9(12)14-6-15-10/h6-7H,3-5H2,1-2H3,(H,13,17)(H2,12,14,15). The van der Waals surface area contributed by atoms with Crippen LogP contribution in [-0.2, 0) is 4.79 Å². The minimum atomic E-state index is -0.248. The fourth-order valence-corrected chi connectivity index (χ4v) is 2.15. The van der Waals surface area contributed by atoms with Gasteiger partial charge in [0.15, 0.2) is 11.6 Å². The molecule has 0 aromatic carbocycles. The number of aromatic nitrogens is 2. The molecular weight excluding hydrogens is 234 g/mol. The number of nitrogen functional groups attached to an aromatic ring is 1. The molecule has 1 atom stereocenters. The van der Waals surface area contributed by atoms with Crippen LogP contribution in [0.3, 0.4) is 0 Å². The van der Waals surface area contributed by atoms with Gasteiger partial charge in [-0.1, -0.05) is 6.92 Å². The van der Waals surface area contributed by atoms with Gasteiger partial charge in [0.05, 0.1) is 7.11 Å². The van der Waals surface area contributed by atoms with Crippen molar-refractivity contribution in [2.24, 2.45) is 0 Å². The Bertz CT molecular complexity index is 451. The normalized spacial score (nSPS) is 19.6. The predicted molar refractivity (Wildman–Crippen MR) is 67.4 cm³/mol. The summed E-state index contributed by atoms with van der Waals surface area (Å²) in [4.78, 5) is 21.8. The Balaban J connectivity index is 2.40. The van der Waals surface area contributed by atoms with E-state index in [1.165, 1.54) is 13.4 Å². The number of carbonyl (C=O) groups excluding carboxylic acids is 1. The maximum atomic E-state index is 11.8. The molecule has 1 amide bonds. The van der Waals surface area contributed by atoms with E-state index in [9.17, 15) is 4.79 Å². The molecule has 1 aliphatic heterocycles. The fraction of sp³-hybridized carbons (Fsp3) is 0.545. The minimum absolute atomic E-state index is 0.00277. The Kier molecular flexibility index (Phi) is 3.50. The van der Waals surface area contributed by atoms with Crippen LogP contribution in [0.25, 0.3) is 0 Å². The van der Waals surface area contributed by atoms with Crippen molar-refractivity contribution in [1.29, 1.82) is 0 Å². The molecule has 98 valence electrons. The highest BCUT2D eigenvalue weighted by atomic mass is 16.5. The zero-order chi connectivity index (χ0) is 13.1. The van der Waals surface area contributed by atoms with Gasteiger partial charge in [-0.3, -0.25) is 4.79 Å². The highest BCUT2D eigenvalue weighted by molar-refractivity contribution is 5.87. The lowest BCUT2D eigenvalue weighted by atomic mass is 10.1. The van der Waals surface area contributed by atoms with Gasteiger partial charge < -0.3 is 20.7 Å². The van der Waals surface area contributed by atoms with Gasteiger partial charge in [-0.25, -0.2) is 9.97 Å². The number of nitrogens with one attached hydrogen (secondary N) is 1. The number of amides is 1. The smallest absolute Gasteiger partial charge is 0.242 e. The van der Waals surface area contributed by atoms with Crippen molar-refractivity contribution < 1.29 is 9.53 Å². The number of methoxy groups -OCH3 is 1. The van der Waals surface area contributed by atoms with Crippen LogP contribution in [0.4, 0.5) is 11.6 Å². The lowest BCUT2D eigenvalue weighted by molar-refractivity contribution is -0.123. The largest absolute Gasteiger partial charge is 0.490 e. The summed E-state index contributed by atoms with van der Waals surface area (Å²) in [6.07, 6.45) is 2.07. The van der Waals surface area contributed by atoms with Gasteiger partial charge in [0.25, 0.3) is 0 Å². The number of hydrogen-bond donors (Lipinski definition) is 2. The Morgan fingerprint density at radius 3 is 3.06 bits per heavy atom. The van der Waals surface area contributed by atoms with E-state index in [0.717, 1.165) is 0 Å². The second-order valence-electron chi connectivity index (χ2n) is 4.02. The molecule has 7 heteroatoms. The van der Waals surface area contributed by atoms with Gasteiger partial charge >= 0.3 is 0 Å². The van der Waals surface area contributed by atoms with E-state index in [0.29, 0.717) is 31.1 Å². The summed E-state index contributed by atoms with van der Waals surface area (Å²) < 4.78 is 5.23. The number of hydrogen-bond acceptors (Lipinski definition) is 6. The van der Waals surface area contributed by atoms with Crippen molar-refractivity contribution in [2.45, 2.75) is 19.4 Å². The van der Waals surface area contributed by atoms with Crippen LogP contribution in [0.1, 0.15) is 13.3 Å². The molecule has 0 bridgehead atoms. The van der Waals surface area contributed by atoms with Crippen molar-refractivity contribution in [2.75, 3.05) is 30.8 Å². The van der Waals surface area contributed by atoms with Crippen molar-refractivity contribution in [3.05, 3.63) is 6.33 Å². The van der Waals surface area contributed by atoms with Crippen LogP contribution in [0.2, 0.25) is 0 Å². The average molecular weight is 251 g/mol. The molecule has 18 heavy (non-hydrogen) atoms. The summed E-state index contributed by atoms with van der Waals surface area (Å²) in [6, 6.07) is -0.248. The molecule has 7 nitrogen and oxygen atoms in total. The molecule has 1 aliphatic rings. The predicted octanol–water partition coefficient (Wildman–Crippen LogP) is -0.218. The summed E-state index contributed by atoms with van der Waals surface area (Å²) in [5, 5.41) is 2.84. The number of rotatable bonds is 3. The van der Waals surface area contributed by atoms with Crippen LogP contribution in [0.15, 0.2) is 6.33 Å². The first kappa shape index (κ1) is 12.4. The second-order valence-corrected chi connectivity index (χ2v) is 4.02. The Hall–Kier alpha value is -2.05. The zero-order valence-corrected chi connectivity index (χ0v) is 10.5. The minimum Gasteiger partial charge on any atom is -0.490 e. The van der Waals surface area contributed by atoms with Crippen LogP contribution < -0.4 is 20.7 Å². The summed E-state index contributed by atoms with van der Waals surface area (Å²) in [7, 11) is 1.52. The van der Waals surface area contributed by atoms with Gasteiger partial charge in [-0.05, 0) is 6.42 Å². The highest BCUT2D eigenvalue weighted by Crippen LogP contribution is 2.32. The van der Waals surface area contributed by atoms with E-state index in [4.69, 9.17) is 10.5 Å². The van der Waals surface area contributed by atoms with Gasteiger partial charge in [-0.2, -0.15) is 0 Å². The number of nitrogens with two attached hydrogens (primary N) is 1. The first-order valence-electron chi connectivity index (χ1n) is 5.87. The molecule has 1 fully saturated rings.